The van der Waals surface area contributed by atoms with Crippen LogP contribution in [0.2, 0.25) is 0 Å². The summed E-state index contributed by atoms with van der Waals surface area (Å²) in [6.07, 6.45) is 0. The summed E-state index contributed by atoms with van der Waals surface area (Å²) in [4.78, 5) is 21.8. The summed E-state index contributed by atoms with van der Waals surface area (Å²) >= 11 is 1.61. The van der Waals surface area contributed by atoms with Gasteiger partial charge in [-0.25, -0.2) is 9.59 Å². The molecule has 0 heterocycles. The van der Waals surface area contributed by atoms with Crippen molar-refractivity contribution in [1.29, 1.82) is 0 Å². The van der Waals surface area contributed by atoms with E-state index in [1.165, 1.54) is 0 Å². The molecule has 0 aromatic heterocycles. The van der Waals surface area contributed by atoms with Crippen LogP contribution in [0.4, 0.5) is 0 Å². The second-order valence-corrected chi connectivity index (χ2v) is 5.49. The molecule has 0 unspecified atom stereocenters. The molecular formula is C16H14O4S. The van der Waals surface area contributed by atoms with Crippen molar-refractivity contribution in [3.05, 3.63) is 70.8 Å². The quantitative estimate of drug-likeness (QED) is 0.854. The lowest BCUT2D eigenvalue weighted by molar-refractivity contribution is 0.0686. The van der Waals surface area contributed by atoms with E-state index in [0.29, 0.717) is 11.5 Å². The average molecular weight is 302 g/mol. The molecule has 0 aliphatic heterocycles. The monoisotopic (exact) mass is 302 g/mol. The van der Waals surface area contributed by atoms with E-state index in [1.807, 2.05) is 12.1 Å². The van der Waals surface area contributed by atoms with Gasteiger partial charge < -0.3 is 10.2 Å². The molecule has 0 spiro atoms. The maximum atomic E-state index is 10.9. The first-order chi connectivity index (χ1) is 10.1. The zero-order chi connectivity index (χ0) is 15.2. The minimum atomic E-state index is -0.934. The van der Waals surface area contributed by atoms with Gasteiger partial charge >= 0.3 is 11.9 Å². The van der Waals surface area contributed by atoms with Crippen molar-refractivity contribution in [3.8, 4) is 0 Å². The third-order valence-electron chi connectivity index (χ3n) is 2.89. The highest BCUT2D eigenvalue weighted by Gasteiger charge is 2.05. The number of hydrogen-bond acceptors (Lipinski definition) is 3. The predicted octanol–water partition coefficient (Wildman–Crippen LogP) is 3.52. The van der Waals surface area contributed by atoms with Crippen LogP contribution < -0.4 is 0 Å². The Morgan fingerprint density at radius 1 is 0.810 bits per heavy atom. The van der Waals surface area contributed by atoms with Crippen LogP contribution in [-0.2, 0) is 11.5 Å². The van der Waals surface area contributed by atoms with Gasteiger partial charge in [0.2, 0.25) is 0 Å². The van der Waals surface area contributed by atoms with Crippen molar-refractivity contribution in [2.75, 3.05) is 0 Å². The number of carboxylic acids is 2. The van der Waals surface area contributed by atoms with Crippen LogP contribution in [0.15, 0.2) is 48.5 Å². The highest BCUT2D eigenvalue weighted by molar-refractivity contribution is 7.97. The summed E-state index contributed by atoms with van der Waals surface area (Å²) < 4.78 is 0. The third-order valence-corrected chi connectivity index (χ3v) is 3.96. The Balaban J connectivity index is 1.95. The lowest BCUT2D eigenvalue weighted by Crippen LogP contribution is -1.97. The second-order valence-electron chi connectivity index (χ2n) is 4.50. The summed E-state index contributed by atoms with van der Waals surface area (Å²) in [6.45, 7) is 0. The Morgan fingerprint density at radius 3 is 1.62 bits per heavy atom. The van der Waals surface area contributed by atoms with Crippen LogP contribution in [0.5, 0.6) is 0 Å². The largest absolute Gasteiger partial charge is 0.478 e. The summed E-state index contributed by atoms with van der Waals surface area (Å²) in [5.74, 6) is -0.511. The number of rotatable bonds is 6. The van der Waals surface area contributed by atoms with Crippen molar-refractivity contribution in [2.24, 2.45) is 0 Å². The van der Waals surface area contributed by atoms with Gasteiger partial charge in [0, 0.05) is 11.5 Å². The van der Waals surface area contributed by atoms with Crippen LogP contribution in [0.3, 0.4) is 0 Å². The van der Waals surface area contributed by atoms with Gasteiger partial charge in [0.05, 0.1) is 11.1 Å². The molecule has 108 valence electrons. The molecule has 0 amide bonds. The van der Waals surface area contributed by atoms with Crippen molar-refractivity contribution in [1.82, 2.24) is 0 Å². The fourth-order valence-corrected chi connectivity index (χ4v) is 2.81. The van der Waals surface area contributed by atoms with Gasteiger partial charge in [0.1, 0.15) is 0 Å². The van der Waals surface area contributed by atoms with Crippen LogP contribution >= 0.6 is 11.8 Å². The lowest BCUT2D eigenvalue weighted by atomic mass is 10.1. The van der Waals surface area contributed by atoms with E-state index < -0.39 is 11.9 Å². The number of hydrogen-bond donors (Lipinski definition) is 2. The van der Waals surface area contributed by atoms with Gasteiger partial charge in [-0.05, 0) is 35.4 Å². The molecule has 5 heteroatoms. The zero-order valence-corrected chi connectivity index (χ0v) is 12.0. The van der Waals surface area contributed by atoms with Gasteiger partial charge in [-0.3, -0.25) is 0 Å². The SMILES string of the molecule is O=C(O)c1cccc(CSCc2cccc(C(=O)O)c2)c1. The summed E-state index contributed by atoms with van der Waals surface area (Å²) in [6, 6.07) is 13.7. The van der Waals surface area contributed by atoms with Gasteiger partial charge in [0.25, 0.3) is 0 Å². The van der Waals surface area contributed by atoms with E-state index in [1.54, 1.807) is 48.2 Å². The van der Waals surface area contributed by atoms with Crippen LogP contribution in [0.1, 0.15) is 31.8 Å². The molecule has 0 fully saturated rings. The average Bonchev–Trinajstić information content (AvgIpc) is 2.48. The molecule has 4 nitrogen and oxygen atoms in total. The molecule has 2 aromatic carbocycles. The smallest absolute Gasteiger partial charge is 0.335 e. The number of carbonyl (C=O) groups is 2. The molecule has 0 aliphatic carbocycles. The van der Waals surface area contributed by atoms with E-state index in [2.05, 4.69) is 0 Å². The molecule has 0 saturated heterocycles. The Hall–Kier alpha value is -2.27. The fraction of sp³-hybridized carbons (Fsp3) is 0.125. The third kappa shape index (κ3) is 4.36. The predicted molar refractivity (Wildman–Crippen MR) is 81.8 cm³/mol. The van der Waals surface area contributed by atoms with E-state index >= 15 is 0 Å². The molecule has 0 saturated carbocycles. The summed E-state index contributed by atoms with van der Waals surface area (Å²) in [5.41, 5.74) is 2.44. The van der Waals surface area contributed by atoms with E-state index in [-0.39, 0.29) is 11.1 Å². The van der Waals surface area contributed by atoms with Crippen molar-refractivity contribution in [2.45, 2.75) is 11.5 Å². The van der Waals surface area contributed by atoms with Gasteiger partial charge in [-0.15, -0.1) is 0 Å². The Kier molecular flexibility index (Phi) is 5.00. The van der Waals surface area contributed by atoms with Crippen LogP contribution in [0, 0.1) is 0 Å². The Morgan fingerprint density at radius 2 is 1.24 bits per heavy atom. The molecule has 2 rings (SSSR count). The first-order valence-corrected chi connectivity index (χ1v) is 7.44. The molecule has 2 N–H and O–H groups in total. The molecule has 0 bridgehead atoms. The van der Waals surface area contributed by atoms with Crippen LogP contribution in [-0.4, -0.2) is 22.2 Å². The highest BCUT2D eigenvalue weighted by atomic mass is 32.2. The molecule has 0 radical (unpaired) electrons. The summed E-state index contributed by atoms with van der Waals surface area (Å²) in [7, 11) is 0. The maximum absolute atomic E-state index is 10.9. The molecule has 21 heavy (non-hydrogen) atoms. The van der Waals surface area contributed by atoms with E-state index in [9.17, 15) is 9.59 Å². The van der Waals surface area contributed by atoms with Crippen LogP contribution in [0.25, 0.3) is 0 Å². The maximum Gasteiger partial charge on any atom is 0.335 e. The first kappa shape index (κ1) is 15.1. The molecular weight excluding hydrogens is 288 g/mol. The van der Waals surface area contributed by atoms with Crippen molar-refractivity contribution in [3.63, 3.8) is 0 Å². The van der Waals surface area contributed by atoms with Crippen molar-refractivity contribution >= 4 is 23.7 Å². The summed E-state index contributed by atoms with van der Waals surface area (Å²) in [5, 5.41) is 17.9. The number of carboxylic acid groups (broad SMARTS) is 2. The first-order valence-electron chi connectivity index (χ1n) is 6.28. The van der Waals surface area contributed by atoms with E-state index in [4.69, 9.17) is 10.2 Å². The molecule has 2 aromatic rings. The van der Waals surface area contributed by atoms with Gasteiger partial charge in [-0.1, -0.05) is 24.3 Å². The van der Waals surface area contributed by atoms with Crippen molar-refractivity contribution < 1.29 is 19.8 Å². The minimum absolute atomic E-state index is 0.279. The highest BCUT2D eigenvalue weighted by Crippen LogP contribution is 2.19. The lowest BCUT2D eigenvalue weighted by Gasteiger charge is -2.04. The molecule has 0 atom stereocenters. The fourth-order valence-electron chi connectivity index (χ4n) is 1.88. The van der Waals surface area contributed by atoms with E-state index in [0.717, 1.165) is 11.1 Å². The number of benzene rings is 2. The minimum Gasteiger partial charge on any atom is -0.478 e. The Bertz CT molecular complexity index is 609. The second kappa shape index (κ2) is 6.95. The normalized spacial score (nSPS) is 10.3. The molecule has 0 aliphatic rings. The Labute approximate surface area is 126 Å². The van der Waals surface area contributed by atoms with Gasteiger partial charge in [-0.2, -0.15) is 11.8 Å². The standard InChI is InChI=1S/C16H14O4S/c17-15(18)13-5-1-3-11(7-13)9-21-10-12-4-2-6-14(8-12)16(19)20/h1-8H,9-10H2,(H,17,18)(H,19,20). The zero-order valence-electron chi connectivity index (χ0n) is 11.2. The topological polar surface area (TPSA) is 74.6 Å². The van der Waals surface area contributed by atoms with Gasteiger partial charge in [0.15, 0.2) is 0 Å². The number of aromatic carboxylic acids is 2. The number of thioether (sulfide) groups is 1.